The molecule has 0 N–H and O–H groups in total. The van der Waals surface area contributed by atoms with Crippen molar-refractivity contribution in [2.45, 2.75) is 12.4 Å². The summed E-state index contributed by atoms with van der Waals surface area (Å²) in [6.45, 7) is 0.345. The van der Waals surface area contributed by atoms with Gasteiger partial charge in [0.25, 0.3) is 5.79 Å². The van der Waals surface area contributed by atoms with Gasteiger partial charge in [0.05, 0.1) is 5.56 Å². The number of ether oxygens (including phenoxy) is 1. The molecule has 1 spiro atoms. The highest BCUT2D eigenvalue weighted by molar-refractivity contribution is 5.95. The van der Waals surface area contributed by atoms with Gasteiger partial charge in [-0.15, -0.1) is 0 Å². The third kappa shape index (κ3) is 1.32. The summed E-state index contributed by atoms with van der Waals surface area (Å²) in [4.78, 5) is 22.6. The van der Waals surface area contributed by atoms with Crippen LogP contribution in [-0.4, -0.2) is 5.97 Å². The van der Waals surface area contributed by atoms with Gasteiger partial charge in [-0.05, 0) is 11.6 Å². The summed E-state index contributed by atoms with van der Waals surface area (Å²) < 4.78 is 5.50. The van der Waals surface area contributed by atoms with E-state index in [0.29, 0.717) is 17.7 Å². The van der Waals surface area contributed by atoms with E-state index < -0.39 is 11.8 Å². The van der Waals surface area contributed by atoms with Gasteiger partial charge in [0.15, 0.2) is 0 Å². The molecular weight excluding hydrogens is 244 g/mol. The summed E-state index contributed by atoms with van der Waals surface area (Å²) in [5.41, 5.74) is 2.98. The first-order valence-electron chi connectivity index (χ1n) is 6.03. The van der Waals surface area contributed by atoms with Gasteiger partial charge in [-0.25, -0.2) is 9.68 Å². The Labute approximate surface area is 109 Å². The van der Waals surface area contributed by atoms with Crippen LogP contribution in [0.2, 0.25) is 0 Å². The molecule has 19 heavy (non-hydrogen) atoms. The van der Waals surface area contributed by atoms with E-state index in [4.69, 9.17) is 14.5 Å². The van der Waals surface area contributed by atoms with E-state index in [1.165, 1.54) is 0 Å². The minimum Gasteiger partial charge on any atom is -0.418 e. The summed E-state index contributed by atoms with van der Waals surface area (Å²) in [5, 5.41) is 0. The van der Waals surface area contributed by atoms with Crippen LogP contribution in [0.15, 0.2) is 48.5 Å². The zero-order valence-electron chi connectivity index (χ0n) is 9.96. The molecule has 0 bridgehead atoms. The molecule has 0 saturated carbocycles. The maximum Gasteiger partial charge on any atom is 0.341 e. The highest BCUT2D eigenvalue weighted by Gasteiger charge is 2.52. The molecule has 2 aromatic carbocycles. The molecule has 94 valence electrons. The third-order valence-electron chi connectivity index (χ3n) is 3.50. The molecule has 2 aliphatic rings. The smallest absolute Gasteiger partial charge is 0.341 e. The van der Waals surface area contributed by atoms with Gasteiger partial charge in [-0.1, -0.05) is 42.5 Å². The van der Waals surface area contributed by atoms with E-state index in [9.17, 15) is 4.79 Å². The second-order valence-electron chi connectivity index (χ2n) is 4.55. The Morgan fingerprint density at radius 3 is 2.58 bits per heavy atom. The first-order valence-corrected chi connectivity index (χ1v) is 6.03. The molecule has 0 aromatic heterocycles. The fourth-order valence-electron chi connectivity index (χ4n) is 2.64. The van der Waals surface area contributed by atoms with Crippen molar-refractivity contribution in [1.82, 2.24) is 0 Å². The minimum absolute atomic E-state index is 0.345. The molecule has 1 atom stereocenters. The molecule has 1 unspecified atom stereocenters. The molecule has 4 rings (SSSR count). The van der Waals surface area contributed by atoms with Crippen LogP contribution >= 0.6 is 0 Å². The van der Waals surface area contributed by atoms with E-state index >= 15 is 0 Å². The van der Waals surface area contributed by atoms with Gasteiger partial charge in [0, 0.05) is 11.1 Å². The number of benzene rings is 2. The van der Waals surface area contributed by atoms with Crippen molar-refractivity contribution in [2.75, 3.05) is 0 Å². The van der Waals surface area contributed by atoms with Crippen LogP contribution in [-0.2, 0) is 26.9 Å². The Hall–Kier alpha value is -2.17. The largest absolute Gasteiger partial charge is 0.418 e. The quantitative estimate of drug-likeness (QED) is 0.535. The number of hydrogen-bond acceptors (Lipinski definition) is 4. The standard InChI is InChI=1S/C15H10O4/c16-14-11-6-2-4-8-13(11)15(18-14)12-7-3-1-5-10(12)9-17-19-15/h1-8H,9H2. The molecule has 4 heteroatoms. The number of carbonyl (C=O) groups excluding carboxylic acids is 1. The van der Waals surface area contributed by atoms with E-state index in [1.807, 2.05) is 36.4 Å². The minimum atomic E-state index is -1.26. The average molecular weight is 254 g/mol. The van der Waals surface area contributed by atoms with E-state index in [-0.39, 0.29) is 0 Å². The van der Waals surface area contributed by atoms with Crippen molar-refractivity contribution >= 4 is 5.97 Å². The highest BCUT2D eigenvalue weighted by Crippen LogP contribution is 2.46. The molecule has 4 nitrogen and oxygen atoms in total. The number of hydrogen-bond donors (Lipinski definition) is 0. The van der Waals surface area contributed by atoms with E-state index in [0.717, 1.165) is 11.1 Å². The molecule has 0 aliphatic carbocycles. The maximum atomic E-state index is 12.0. The van der Waals surface area contributed by atoms with Crippen molar-refractivity contribution in [2.24, 2.45) is 0 Å². The summed E-state index contributed by atoms with van der Waals surface area (Å²) in [7, 11) is 0. The predicted molar refractivity (Wildman–Crippen MR) is 65.0 cm³/mol. The van der Waals surface area contributed by atoms with Crippen molar-refractivity contribution in [3.8, 4) is 0 Å². The molecule has 0 radical (unpaired) electrons. The second-order valence-corrected chi connectivity index (χ2v) is 4.55. The molecule has 2 aromatic rings. The lowest BCUT2D eigenvalue weighted by Gasteiger charge is -2.32. The van der Waals surface area contributed by atoms with Crippen molar-refractivity contribution < 1.29 is 19.3 Å². The molecular formula is C15H10O4. The van der Waals surface area contributed by atoms with Gasteiger partial charge >= 0.3 is 5.97 Å². The van der Waals surface area contributed by atoms with Crippen LogP contribution < -0.4 is 0 Å². The molecule has 2 heterocycles. The number of fused-ring (bicyclic) bond motifs is 4. The molecule has 0 amide bonds. The normalized spacial score (nSPS) is 23.9. The van der Waals surface area contributed by atoms with Gasteiger partial charge < -0.3 is 4.74 Å². The number of esters is 1. The van der Waals surface area contributed by atoms with Gasteiger partial charge in [0.2, 0.25) is 0 Å². The highest BCUT2D eigenvalue weighted by atomic mass is 17.2. The summed E-state index contributed by atoms with van der Waals surface area (Å²) in [6, 6.07) is 14.9. The van der Waals surface area contributed by atoms with Gasteiger partial charge in [-0.2, -0.15) is 4.89 Å². The number of rotatable bonds is 0. The zero-order chi connectivity index (χ0) is 12.9. The first kappa shape index (κ1) is 10.7. The Balaban J connectivity index is 2.01. The van der Waals surface area contributed by atoms with Gasteiger partial charge in [0.1, 0.15) is 6.61 Å². The van der Waals surface area contributed by atoms with Crippen LogP contribution in [0.3, 0.4) is 0 Å². The third-order valence-corrected chi connectivity index (χ3v) is 3.50. The van der Waals surface area contributed by atoms with Crippen molar-refractivity contribution in [3.05, 3.63) is 70.8 Å². The summed E-state index contributed by atoms with van der Waals surface area (Å²) in [6.07, 6.45) is 0. The van der Waals surface area contributed by atoms with Crippen molar-refractivity contribution in [3.63, 3.8) is 0 Å². The fraction of sp³-hybridized carbons (Fsp3) is 0.133. The van der Waals surface area contributed by atoms with Crippen LogP contribution in [0.25, 0.3) is 0 Å². The molecule has 0 saturated heterocycles. The van der Waals surface area contributed by atoms with Gasteiger partial charge in [-0.3, -0.25) is 0 Å². The lowest BCUT2D eigenvalue weighted by molar-refractivity contribution is -0.422. The number of carbonyl (C=O) groups is 1. The Morgan fingerprint density at radius 1 is 0.947 bits per heavy atom. The Kier molecular flexibility index (Phi) is 2.07. The Morgan fingerprint density at radius 2 is 1.68 bits per heavy atom. The van der Waals surface area contributed by atoms with Crippen LogP contribution in [0.1, 0.15) is 27.0 Å². The van der Waals surface area contributed by atoms with E-state index in [1.54, 1.807) is 12.1 Å². The zero-order valence-corrected chi connectivity index (χ0v) is 9.96. The topological polar surface area (TPSA) is 44.8 Å². The lowest BCUT2D eigenvalue weighted by atomic mass is 9.92. The fourth-order valence-corrected chi connectivity index (χ4v) is 2.64. The molecule has 2 aliphatic heterocycles. The maximum absolute atomic E-state index is 12.0. The second kappa shape index (κ2) is 3.66. The molecule has 0 fully saturated rings. The first-order chi connectivity index (χ1) is 9.31. The van der Waals surface area contributed by atoms with Crippen LogP contribution in [0.5, 0.6) is 0 Å². The summed E-state index contributed by atoms with van der Waals surface area (Å²) in [5.74, 6) is -1.65. The van der Waals surface area contributed by atoms with Crippen molar-refractivity contribution in [1.29, 1.82) is 0 Å². The van der Waals surface area contributed by atoms with Crippen LogP contribution in [0, 0.1) is 0 Å². The van der Waals surface area contributed by atoms with Crippen LogP contribution in [0.4, 0.5) is 0 Å². The average Bonchev–Trinajstić information content (AvgIpc) is 2.74. The predicted octanol–water partition coefficient (Wildman–Crippen LogP) is 2.52. The Bertz CT molecular complexity index is 679. The lowest BCUT2D eigenvalue weighted by Crippen LogP contribution is -2.35. The SMILES string of the molecule is O=C1OC2(OOCc3ccccc32)c2ccccc21. The monoisotopic (exact) mass is 254 g/mol. The van der Waals surface area contributed by atoms with E-state index in [2.05, 4.69) is 0 Å². The summed E-state index contributed by atoms with van der Waals surface area (Å²) >= 11 is 0.